The van der Waals surface area contributed by atoms with Gasteiger partial charge in [-0.25, -0.2) is 9.29 Å². The predicted octanol–water partition coefficient (Wildman–Crippen LogP) is 3.19. The van der Waals surface area contributed by atoms with E-state index in [9.17, 15) is 14.0 Å². The smallest absolute Gasteiger partial charge is 0.237 e. The molecule has 5 nitrogen and oxygen atoms in total. The summed E-state index contributed by atoms with van der Waals surface area (Å²) in [6.45, 7) is 0.298. The van der Waals surface area contributed by atoms with Gasteiger partial charge in [0.2, 0.25) is 11.8 Å². The number of nitrogens with zero attached hydrogens (tertiary/aromatic N) is 1. The summed E-state index contributed by atoms with van der Waals surface area (Å²) >= 11 is 6.02. The summed E-state index contributed by atoms with van der Waals surface area (Å²) in [5.74, 6) is 3.51. The summed E-state index contributed by atoms with van der Waals surface area (Å²) in [4.78, 5) is 26.3. The number of anilines is 1. The van der Waals surface area contributed by atoms with Gasteiger partial charge in [-0.05, 0) is 18.9 Å². The van der Waals surface area contributed by atoms with Crippen LogP contribution in [0.5, 0.6) is 5.75 Å². The molecule has 0 radical (unpaired) electrons. The standard InChI is InChI=1S/C19H19ClFNO4/c1-25-8-4-5-9-26-17-11-16(15(21)10-14(17)20)22-18(23)12-6-2-3-7-13(12)19(22)24/h10-13H,2-3,6-9H2,1H3. The molecule has 0 bridgehead atoms. The lowest BCUT2D eigenvalue weighted by atomic mass is 9.81. The first kappa shape index (κ1) is 18.7. The van der Waals surface area contributed by atoms with Crippen LogP contribution < -0.4 is 9.64 Å². The fraction of sp³-hybridized carbons (Fsp3) is 0.474. The Balaban J connectivity index is 1.85. The number of rotatable bonds is 4. The molecule has 1 saturated heterocycles. The summed E-state index contributed by atoms with van der Waals surface area (Å²) in [5.41, 5.74) is -0.112. The van der Waals surface area contributed by atoms with Crippen molar-refractivity contribution in [3.8, 4) is 17.6 Å². The van der Waals surface area contributed by atoms with Crippen molar-refractivity contribution < 1.29 is 23.5 Å². The lowest BCUT2D eigenvalue weighted by Crippen LogP contribution is -2.31. The Morgan fingerprint density at radius 3 is 2.38 bits per heavy atom. The van der Waals surface area contributed by atoms with E-state index >= 15 is 0 Å². The molecule has 3 rings (SSSR count). The molecular weight excluding hydrogens is 361 g/mol. The Hall–Kier alpha value is -2.10. The number of ether oxygens (including phenoxy) is 2. The third kappa shape index (κ3) is 3.55. The molecule has 1 aliphatic heterocycles. The molecular formula is C19H19ClFNO4. The van der Waals surface area contributed by atoms with Crippen molar-refractivity contribution in [2.24, 2.45) is 11.8 Å². The number of amides is 2. The second kappa shape index (κ2) is 8.07. The van der Waals surface area contributed by atoms with Crippen molar-refractivity contribution in [1.82, 2.24) is 0 Å². The van der Waals surface area contributed by atoms with Crippen LogP contribution in [0, 0.1) is 29.5 Å². The minimum absolute atomic E-state index is 0.0291. The van der Waals surface area contributed by atoms with Crippen LogP contribution in [0.1, 0.15) is 25.7 Å². The normalized spacial score (nSPS) is 22.0. The molecule has 2 atom stereocenters. The summed E-state index contributed by atoms with van der Waals surface area (Å²) in [7, 11) is 1.53. The zero-order valence-corrected chi connectivity index (χ0v) is 15.1. The molecule has 1 aromatic rings. The van der Waals surface area contributed by atoms with Gasteiger partial charge in [-0.3, -0.25) is 9.59 Å². The number of fused-ring (bicyclic) bond motifs is 1. The molecule has 7 heteroatoms. The number of methoxy groups -OCH3 is 1. The van der Waals surface area contributed by atoms with Crippen molar-refractivity contribution in [2.75, 3.05) is 25.2 Å². The van der Waals surface area contributed by atoms with Crippen LogP contribution in [-0.2, 0) is 14.3 Å². The number of benzene rings is 1. The SMILES string of the molecule is COCC#CCOc1cc(N2C(=O)C3CCCCC3C2=O)c(F)cc1Cl. The molecule has 2 fully saturated rings. The molecule has 0 N–H and O–H groups in total. The van der Waals surface area contributed by atoms with Crippen LogP contribution in [0.25, 0.3) is 0 Å². The van der Waals surface area contributed by atoms with Crippen molar-refractivity contribution >= 4 is 29.1 Å². The second-order valence-corrected chi connectivity index (χ2v) is 6.73. The maximum atomic E-state index is 14.5. The van der Waals surface area contributed by atoms with Gasteiger partial charge in [-0.2, -0.15) is 0 Å². The molecule has 2 amide bonds. The van der Waals surface area contributed by atoms with Gasteiger partial charge in [0.05, 0.1) is 22.5 Å². The van der Waals surface area contributed by atoms with Gasteiger partial charge in [0.15, 0.2) is 0 Å². The molecule has 138 valence electrons. The highest BCUT2D eigenvalue weighted by Gasteiger charge is 2.49. The minimum atomic E-state index is -0.729. The van der Waals surface area contributed by atoms with Crippen LogP contribution in [0.2, 0.25) is 5.02 Å². The fourth-order valence-corrected chi connectivity index (χ4v) is 3.69. The van der Waals surface area contributed by atoms with Crippen LogP contribution >= 0.6 is 11.6 Å². The van der Waals surface area contributed by atoms with Gasteiger partial charge >= 0.3 is 0 Å². The van der Waals surface area contributed by atoms with E-state index in [2.05, 4.69) is 11.8 Å². The first-order valence-corrected chi connectivity index (χ1v) is 8.86. The van der Waals surface area contributed by atoms with Gasteiger partial charge in [0, 0.05) is 13.2 Å². The molecule has 0 aromatic heterocycles. The number of carbonyl (C=O) groups is 2. The lowest BCUT2D eigenvalue weighted by Gasteiger charge is -2.19. The second-order valence-electron chi connectivity index (χ2n) is 6.32. The van der Waals surface area contributed by atoms with Crippen molar-refractivity contribution in [3.63, 3.8) is 0 Å². The Labute approximate surface area is 156 Å². The predicted molar refractivity (Wildman–Crippen MR) is 94.5 cm³/mol. The van der Waals surface area contributed by atoms with E-state index in [1.165, 1.54) is 13.2 Å². The highest BCUT2D eigenvalue weighted by molar-refractivity contribution is 6.32. The molecule has 1 aromatic carbocycles. The van der Waals surface area contributed by atoms with Crippen LogP contribution in [-0.4, -0.2) is 32.1 Å². The molecule has 1 heterocycles. The molecule has 2 aliphatic rings. The van der Waals surface area contributed by atoms with E-state index in [0.717, 1.165) is 23.8 Å². The Morgan fingerprint density at radius 2 is 1.77 bits per heavy atom. The summed E-state index contributed by atoms with van der Waals surface area (Å²) in [6, 6.07) is 2.35. The van der Waals surface area contributed by atoms with Crippen molar-refractivity contribution in [3.05, 3.63) is 23.0 Å². The average molecular weight is 380 g/mol. The lowest BCUT2D eigenvalue weighted by molar-refractivity contribution is -0.122. The van der Waals surface area contributed by atoms with Gasteiger partial charge in [0.1, 0.15) is 24.8 Å². The maximum absolute atomic E-state index is 14.5. The first-order chi connectivity index (χ1) is 12.5. The number of hydrogen-bond acceptors (Lipinski definition) is 4. The number of halogens is 2. The zero-order valence-electron chi connectivity index (χ0n) is 14.4. The minimum Gasteiger partial charge on any atom is -0.479 e. The molecule has 26 heavy (non-hydrogen) atoms. The Kier molecular flexibility index (Phi) is 5.80. The third-order valence-electron chi connectivity index (χ3n) is 4.72. The monoisotopic (exact) mass is 379 g/mol. The van der Waals surface area contributed by atoms with E-state index < -0.39 is 5.82 Å². The van der Waals surface area contributed by atoms with Crippen molar-refractivity contribution in [1.29, 1.82) is 0 Å². The maximum Gasteiger partial charge on any atom is 0.237 e. The summed E-state index contributed by atoms with van der Waals surface area (Å²) < 4.78 is 24.7. The van der Waals surface area contributed by atoms with Crippen LogP contribution in [0.3, 0.4) is 0 Å². The molecule has 2 unspecified atom stereocenters. The van der Waals surface area contributed by atoms with Gasteiger partial charge in [-0.15, -0.1) is 0 Å². The Bertz CT molecular complexity index is 762. The van der Waals surface area contributed by atoms with Crippen LogP contribution in [0.15, 0.2) is 12.1 Å². The molecule has 1 aliphatic carbocycles. The van der Waals surface area contributed by atoms with Crippen LogP contribution in [0.4, 0.5) is 10.1 Å². The number of hydrogen-bond donors (Lipinski definition) is 0. The zero-order chi connectivity index (χ0) is 18.7. The quantitative estimate of drug-likeness (QED) is 0.595. The summed E-state index contributed by atoms with van der Waals surface area (Å²) in [5, 5.41) is 0.0521. The van der Waals surface area contributed by atoms with E-state index in [1.807, 2.05) is 0 Å². The first-order valence-electron chi connectivity index (χ1n) is 8.49. The summed E-state index contributed by atoms with van der Waals surface area (Å²) in [6.07, 6.45) is 3.15. The van der Waals surface area contributed by atoms with E-state index in [1.54, 1.807) is 0 Å². The van der Waals surface area contributed by atoms with E-state index in [-0.39, 0.29) is 53.3 Å². The van der Waals surface area contributed by atoms with E-state index in [0.29, 0.717) is 12.8 Å². The third-order valence-corrected chi connectivity index (χ3v) is 5.02. The average Bonchev–Trinajstić information content (AvgIpc) is 2.88. The fourth-order valence-electron chi connectivity index (χ4n) is 3.49. The van der Waals surface area contributed by atoms with Gasteiger partial charge < -0.3 is 9.47 Å². The van der Waals surface area contributed by atoms with Gasteiger partial charge in [-0.1, -0.05) is 36.3 Å². The topological polar surface area (TPSA) is 55.8 Å². The van der Waals surface area contributed by atoms with Crippen molar-refractivity contribution in [2.45, 2.75) is 25.7 Å². The van der Waals surface area contributed by atoms with Gasteiger partial charge in [0.25, 0.3) is 0 Å². The number of imide groups is 1. The molecule has 1 saturated carbocycles. The van der Waals surface area contributed by atoms with E-state index in [4.69, 9.17) is 21.1 Å². The highest BCUT2D eigenvalue weighted by Crippen LogP contribution is 2.42. The Morgan fingerprint density at radius 1 is 1.15 bits per heavy atom. The largest absolute Gasteiger partial charge is 0.479 e. The molecule has 0 spiro atoms. The number of carbonyl (C=O) groups excluding carboxylic acids is 2. The highest BCUT2D eigenvalue weighted by atomic mass is 35.5.